The van der Waals surface area contributed by atoms with E-state index in [1.807, 2.05) is 0 Å². The third kappa shape index (κ3) is 0.969. The first-order valence-electron chi connectivity index (χ1n) is 3.66. The molecule has 1 aliphatic carbocycles. The summed E-state index contributed by atoms with van der Waals surface area (Å²) in [5.74, 6) is 1.05. The highest BCUT2D eigenvalue weighted by atomic mass is 28.2. The molecule has 1 fully saturated rings. The lowest BCUT2D eigenvalue weighted by Crippen LogP contribution is -2.30. The molecule has 48 valence electrons. The maximum atomic E-state index is 2.46. The maximum Gasteiger partial charge on any atom is 0.0237 e. The molecule has 0 nitrogen and oxygen atoms in total. The van der Waals surface area contributed by atoms with E-state index in [4.69, 9.17) is 0 Å². The molecular formula is C7H16Si. The van der Waals surface area contributed by atoms with Gasteiger partial charge in [0, 0.05) is 9.52 Å². The highest BCUT2D eigenvalue weighted by Crippen LogP contribution is 2.50. The summed E-state index contributed by atoms with van der Waals surface area (Å²) in [6.07, 6.45) is 3.05. The Kier molecular flexibility index (Phi) is 1.48. The molecular weight excluding hydrogens is 112 g/mol. The van der Waals surface area contributed by atoms with Gasteiger partial charge in [-0.15, -0.1) is 0 Å². The van der Waals surface area contributed by atoms with Crippen LogP contribution < -0.4 is 0 Å². The first kappa shape index (κ1) is 6.34. The molecule has 1 heteroatoms. The summed E-state index contributed by atoms with van der Waals surface area (Å²) in [5.41, 5.74) is 0. The second-order valence-electron chi connectivity index (χ2n) is 3.68. The van der Waals surface area contributed by atoms with E-state index in [1.165, 1.54) is 12.8 Å². The van der Waals surface area contributed by atoms with Crippen molar-refractivity contribution in [2.75, 3.05) is 0 Å². The lowest BCUT2D eigenvalue weighted by Gasteiger charge is -2.43. The minimum Gasteiger partial charge on any atom is -0.0744 e. The third-order valence-corrected chi connectivity index (χ3v) is 4.82. The van der Waals surface area contributed by atoms with E-state index in [0.29, 0.717) is 9.52 Å². The summed E-state index contributed by atoms with van der Waals surface area (Å²) in [4.78, 5) is 0. The van der Waals surface area contributed by atoms with Gasteiger partial charge in [-0.2, -0.15) is 0 Å². The van der Waals surface area contributed by atoms with Gasteiger partial charge in [-0.1, -0.05) is 20.4 Å². The van der Waals surface area contributed by atoms with Crippen LogP contribution in [0.25, 0.3) is 0 Å². The third-order valence-electron chi connectivity index (χ3n) is 2.54. The fraction of sp³-hybridized carbons (Fsp3) is 1.00. The summed E-state index contributed by atoms with van der Waals surface area (Å²) < 4.78 is 0. The Morgan fingerprint density at radius 1 is 1.50 bits per heavy atom. The number of rotatable bonds is 1. The van der Waals surface area contributed by atoms with Gasteiger partial charge < -0.3 is 0 Å². The molecule has 0 heterocycles. The first-order valence-corrected chi connectivity index (χ1v) is 5.78. The molecule has 0 aromatic carbocycles. The summed E-state index contributed by atoms with van der Waals surface area (Å²) in [6.45, 7) is 7.26. The summed E-state index contributed by atoms with van der Waals surface area (Å²) in [5, 5.41) is 0.874. The molecule has 0 amide bonds. The van der Waals surface area contributed by atoms with Gasteiger partial charge in [0.25, 0.3) is 0 Å². The molecule has 0 unspecified atom stereocenters. The van der Waals surface area contributed by atoms with Crippen molar-refractivity contribution in [1.29, 1.82) is 0 Å². The van der Waals surface area contributed by atoms with Crippen molar-refractivity contribution in [2.45, 2.75) is 38.3 Å². The van der Waals surface area contributed by atoms with Crippen LogP contribution in [0.4, 0.5) is 0 Å². The molecule has 0 aliphatic heterocycles. The Balaban J connectivity index is 2.30. The van der Waals surface area contributed by atoms with E-state index in [1.54, 1.807) is 0 Å². The fourth-order valence-electron chi connectivity index (χ4n) is 1.91. The summed E-state index contributed by atoms with van der Waals surface area (Å²) in [6, 6.07) is 0. The smallest absolute Gasteiger partial charge is 0.0237 e. The van der Waals surface area contributed by atoms with Crippen molar-refractivity contribution in [3.63, 3.8) is 0 Å². The zero-order valence-corrected chi connectivity index (χ0v) is 7.61. The van der Waals surface area contributed by atoms with Crippen LogP contribution in [0.15, 0.2) is 0 Å². The Bertz CT molecular complexity index is 82.4. The molecule has 0 spiro atoms. The van der Waals surface area contributed by atoms with Crippen LogP contribution in [0.1, 0.15) is 26.7 Å². The van der Waals surface area contributed by atoms with Crippen molar-refractivity contribution in [1.82, 2.24) is 0 Å². The standard InChI is InChI=1S/C7H16Si/c1-6-4-7(2,5-6)8-3/h6H,4-5,8H2,1-3H3. The zero-order valence-electron chi connectivity index (χ0n) is 6.20. The quantitative estimate of drug-likeness (QED) is 0.472. The van der Waals surface area contributed by atoms with Gasteiger partial charge in [0.2, 0.25) is 0 Å². The zero-order chi connectivity index (χ0) is 6.20. The van der Waals surface area contributed by atoms with Crippen molar-refractivity contribution in [2.24, 2.45) is 5.92 Å². The highest BCUT2D eigenvalue weighted by molar-refractivity contribution is 6.38. The topological polar surface area (TPSA) is 0 Å². The van der Waals surface area contributed by atoms with Gasteiger partial charge >= 0.3 is 0 Å². The van der Waals surface area contributed by atoms with Crippen molar-refractivity contribution in [3.05, 3.63) is 0 Å². The Labute approximate surface area is 54.5 Å². The van der Waals surface area contributed by atoms with Gasteiger partial charge in [-0.05, 0) is 23.8 Å². The van der Waals surface area contributed by atoms with E-state index in [9.17, 15) is 0 Å². The average molecular weight is 128 g/mol. The minimum atomic E-state index is 0.297. The lowest BCUT2D eigenvalue weighted by molar-refractivity contribution is 0.249. The van der Waals surface area contributed by atoms with Crippen LogP contribution in [0.5, 0.6) is 0 Å². The van der Waals surface area contributed by atoms with Gasteiger partial charge in [-0.3, -0.25) is 0 Å². The van der Waals surface area contributed by atoms with E-state index >= 15 is 0 Å². The van der Waals surface area contributed by atoms with Gasteiger partial charge in [0.15, 0.2) is 0 Å². The predicted molar refractivity (Wildman–Crippen MR) is 41.2 cm³/mol. The highest BCUT2D eigenvalue weighted by Gasteiger charge is 2.35. The SMILES string of the molecule is C[SiH2]C1(C)CC(C)C1. The molecule has 8 heavy (non-hydrogen) atoms. The number of hydrogen-bond acceptors (Lipinski definition) is 0. The molecule has 0 bridgehead atoms. The fourth-order valence-corrected chi connectivity index (χ4v) is 3.47. The molecule has 0 atom stereocenters. The molecule has 0 N–H and O–H groups in total. The number of hydrogen-bond donors (Lipinski definition) is 0. The maximum absolute atomic E-state index is 2.46. The van der Waals surface area contributed by atoms with Crippen molar-refractivity contribution < 1.29 is 0 Å². The van der Waals surface area contributed by atoms with Crippen LogP contribution in [-0.4, -0.2) is 9.52 Å². The Morgan fingerprint density at radius 2 is 2.00 bits per heavy atom. The monoisotopic (exact) mass is 128 g/mol. The first-order chi connectivity index (χ1) is 3.66. The summed E-state index contributed by atoms with van der Waals surface area (Å²) in [7, 11) is 0.297. The van der Waals surface area contributed by atoms with Gasteiger partial charge in [-0.25, -0.2) is 0 Å². The van der Waals surface area contributed by atoms with Crippen LogP contribution in [-0.2, 0) is 0 Å². The molecule has 1 saturated carbocycles. The Hall–Kier alpha value is 0.217. The second-order valence-corrected chi connectivity index (χ2v) is 6.09. The molecule has 0 aromatic rings. The van der Waals surface area contributed by atoms with Crippen molar-refractivity contribution in [3.8, 4) is 0 Å². The lowest BCUT2D eigenvalue weighted by atomic mass is 9.76. The van der Waals surface area contributed by atoms with Gasteiger partial charge in [0.1, 0.15) is 0 Å². The molecule has 0 saturated heterocycles. The largest absolute Gasteiger partial charge is 0.0744 e. The normalized spacial score (nSPS) is 47.6. The average Bonchev–Trinajstić information content (AvgIpc) is 1.63. The van der Waals surface area contributed by atoms with Gasteiger partial charge in [0.05, 0.1) is 0 Å². The van der Waals surface area contributed by atoms with E-state index in [2.05, 4.69) is 20.4 Å². The van der Waals surface area contributed by atoms with E-state index < -0.39 is 0 Å². The van der Waals surface area contributed by atoms with E-state index in [-0.39, 0.29) is 0 Å². The van der Waals surface area contributed by atoms with Crippen LogP contribution in [0.3, 0.4) is 0 Å². The second kappa shape index (κ2) is 1.87. The van der Waals surface area contributed by atoms with E-state index in [0.717, 1.165) is 11.0 Å². The molecule has 0 radical (unpaired) electrons. The van der Waals surface area contributed by atoms with Crippen LogP contribution in [0, 0.1) is 5.92 Å². The minimum absolute atomic E-state index is 0.297. The van der Waals surface area contributed by atoms with Crippen LogP contribution >= 0.6 is 0 Å². The molecule has 1 rings (SSSR count). The molecule has 0 aromatic heterocycles. The molecule has 1 aliphatic rings. The predicted octanol–water partition coefficient (Wildman–Crippen LogP) is 1.81. The Morgan fingerprint density at radius 3 is 2.12 bits per heavy atom. The van der Waals surface area contributed by atoms with Crippen molar-refractivity contribution >= 4 is 9.52 Å². The van der Waals surface area contributed by atoms with Crippen LogP contribution in [0.2, 0.25) is 11.6 Å². The summed E-state index contributed by atoms with van der Waals surface area (Å²) >= 11 is 0.